The molecule has 6 heteroatoms. The summed E-state index contributed by atoms with van der Waals surface area (Å²) in [6.07, 6.45) is 6.15. The molecule has 2 aromatic rings. The van der Waals surface area contributed by atoms with Gasteiger partial charge in [-0.2, -0.15) is 0 Å². The maximum absolute atomic E-state index is 11.3. The quantitative estimate of drug-likeness (QED) is 0.834. The van der Waals surface area contributed by atoms with E-state index in [9.17, 15) is 9.90 Å². The van der Waals surface area contributed by atoms with Crippen LogP contribution in [0.15, 0.2) is 11.6 Å². The van der Waals surface area contributed by atoms with Crippen LogP contribution in [0.5, 0.6) is 0 Å². The minimum absolute atomic E-state index is 0.0833. The van der Waals surface area contributed by atoms with Gasteiger partial charge in [-0.15, -0.1) is 11.3 Å². The Bertz CT molecular complexity index is 559. The van der Waals surface area contributed by atoms with Gasteiger partial charge in [-0.25, -0.2) is 4.98 Å². The van der Waals surface area contributed by atoms with Gasteiger partial charge in [-0.1, -0.05) is 0 Å². The normalized spacial score (nSPS) is 15.8. The van der Waals surface area contributed by atoms with Gasteiger partial charge >= 0.3 is 0 Å². The van der Waals surface area contributed by atoms with Crippen molar-refractivity contribution in [2.45, 2.75) is 25.3 Å². The lowest BCUT2D eigenvalue weighted by Gasteiger charge is -2.37. The summed E-state index contributed by atoms with van der Waals surface area (Å²) in [5.41, 5.74) is 0.589. The minimum atomic E-state index is 0.0833. The lowest BCUT2D eigenvalue weighted by Crippen LogP contribution is -2.42. The van der Waals surface area contributed by atoms with E-state index in [1.54, 1.807) is 0 Å². The van der Waals surface area contributed by atoms with E-state index >= 15 is 0 Å². The van der Waals surface area contributed by atoms with Crippen LogP contribution in [0.3, 0.4) is 0 Å². The number of carbonyl (C=O) groups is 1. The van der Waals surface area contributed by atoms with Crippen molar-refractivity contribution in [3.63, 3.8) is 0 Å². The van der Waals surface area contributed by atoms with Crippen molar-refractivity contribution in [2.75, 3.05) is 18.1 Å². The summed E-state index contributed by atoms with van der Waals surface area (Å²) < 4.78 is 1.82. The van der Waals surface area contributed by atoms with E-state index in [-0.39, 0.29) is 6.61 Å². The van der Waals surface area contributed by atoms with E-state index in [0.29, 0.717) is 18.3 Å². The summed E-state index contributed by atoms with van der Waals surface area (Å²) >= 11 is 1.51. The maximum Gasteiger partial charge on any atom is 0.196 e. The second kappa shape index (κ2) is 4.70. The molecular weight excluding hydrogens is 250 g/mol. The third kappa shape index (κ3) is 1.72. The maximum atomic E-state index is 11.3. The molecule has 0 aliphatic heterocycles. The molecule has 0 spiro atoms. The molecule has 0 atom stereocenters. The van der Waals surface area contributed by atoms with Crippen LogP contribution in [-0.4, -0.2) is 40.0 Å². The summed E-state index contributed by atoms with van der Waals surface area (Å²) in [5.74, 6) is 0.718. The molecule has 5 nitrogen and oxygen atoms in total. The third-order valence-electron chi connectivity index (χ3n) is 3.52. The zero-order chi connectivity index (χ0) is 12.5. The number of anilines is 1. The fourth-order valence-corrected chi connectivity index (χ4v) is 3.10. The highest BCUT2D eigenvalue weighted by atomic mass is 32.1. The molecule has 1 saturated carbocycles. The van der Waals surface area contributed by atoms with Crippen LogP contribution in [0, 0.1) is 0 Å². The van der Waals surface area contributed by atoms with Crippen LogP contribution in [-0.2, 0) is 0 Å². The lowest BCUT2D eigenvalue weighted by atomic mass is 9.91. The molecule has 1 aliphatic rings. The van der Waals surface area contributed by atoms with E-state index in [4.69, 9.17) is 0 Å². The molecule has 0 radical (unpaired) electrons. The first-order chi connectivity index (χ1) is 8.85. The van der Waals surface area contributed by atoms with Crippen LogP contribution in [0.4, 0.5) is 5.82 Å². The number of hydrogen-bond donors (Lipinski definition) is 1. The van der Waals surface area contributed by atoms with Gasteiger partial charge in [-0.05, 0) is 19.3 Å². The van der Waals surface area contributed by atoms with Crippen molar-refractivity contribution < 1.29 is 9.90 Å². The number of fused-ring (bicyclic) bond motifs is 1. The highest BCUT2D eigenvalue weighted by molar-refractivity contribution is 7.15. The van der Waals surface area contributed by atoms with E-state index < -0.39 is 0 Å². The van der Waals surface area contributed by atoms with Gasteiger partial charge in [-0.3, -0.25) is 9.20 Å². The Morgan fingerprint density at radius 2 is 2.44 bits per heavy atom. The Hall–Kier alpha value is -1.40. The third-order valence-corrected chi connectivity index (χ3v) is 4.28. The van der Waals surface area contributed by atoms with Gasteiger partial charge in [0.1, 0.15) is 5.69 Å². The number of carbonyl (C=O) groups excluding carboxylic acids is 1. The molecule has 3 rings (SSSR count). The summed E-state index contributed by atoms with van der Waals surface area (Å²) in [6.45, 7) is 0.621. The zero-order valence-corrected chi connectivity index (χ0v) is 10.8. The van der Waals surface area contributed by atoms with Crippen LogP contribution < -0.4 is 4.90 Å². The number of nitrogens with zero attached hydrogens (tertiary/aromatic N) is 3. The molecule has 0 unspecified atom stereocenters. The fraction of sp³-hybridized carbons (Fsp3) is 0.500. The van der Waals surface area contributed by atoms with Gasteiger partial charge in [0.2, 0.25) is 0 Å². The topological polar surface area (TPSA) is 57.8 Å². The van der Waals surface area contributed by atoms with Crippen LogP contribution >= 0.6 is 11.3 Å². The monoisotopic (exact) mass is 265 g/mol. The van der Waals surface area contributed by atoms with Crippen molar-refractivity contribution in [3.8, 4) is 0 Å². The van der Waals surface area contributed by atoms with Gasteiger partial charge in [0.05, 0.1) is 6.61 Å². The summed E-state index contributed by atoms with van der Waals surface area (Å²) in [4.78, 5) is 18.7. The van der Waals surface area contributed by atoms with Crippen molar-refractivity contribution >= 4 is 28.4 Å². The Morgan fingerprint density at radius 3 is 3.06 bits per heavy atom. The number of imidazole rings is 1. The van der Waals surface area contributed by atoms with E-state index in [1.807, 2.05) is 16.0 Å². The highest BCUT2D eigenvalue weighted by Crippen LogP contribution is 2.31. The first-order valence-electron chi connectivity index (χ1n) is 6.13. The SMILES string of the molecule is O=Cc1c(N(CCO)C2CCC2)nc2sccn12. The van der Waals surface area contributed by atoms with Crippen LogP contribution in [0.25, 0.3) is 4.96 Å². The van der Waals surface area contributed by atoms with Gasteiger partial charge in [0, 0.05) is 24.2 Å². The molecule has 0 amide bonds. The molecule has 2 aromatic heterocycles. The number of aromatic nitrogens is 2. The van der Waals surface area contributed by atoms with Crippen LogP contribution in [0.2, 0.25) is 0 Å². The van der Waals surface area contributed by atoms with Crippen molar-refractivity contribution in [2.24, 2.45) is 0 Å². The van der Waals surface area contributed by atoms with Gasteiger partial charge in [0.15, 0.2) is 17.1 Å². The molecule has 1 N–H and O–H groups in total. The summed E-state index contributed by atoms with van der Waals surface area (Å²) in [6, 6.07) is 0.417. The first-order valence-corrected chi connectivity index (χ1v) is 7.01. The number of aliphatic hydroxyl groups excluding tert-OH is 1. The molecular formula is C12H15N3O2S. The zero-order valence-electron chi connectivity index (χ0n) is 9.95. The van der Waals surface area contributed by atoms with E-state index in [0.717, 1.165) is 29.9 Å². The Labute approximate surface area is 109 Å². The second-order valence-corrected chi connectivity index (χ2v) is 5.37. The Balaban J connectivity index is 2.03. The largest absolute Gasteiger partial charge is 0.395 e. The smallest absolute Gasteiger partial charge is 0.196 e. The molecule has 0 aromatic carbocycles. The average molecular weight is 265 g/mol. The van der Waals surface area contributed by atoms with Crippen molar-refractivity contribution in [1.82, 2.24) is 9.38 Å². The number of thiazole rings is 1. The fourth-order valence-electron chi connectivity index (χ4n) is 2.38. The van der Waals surface area contributed by atoms with Gasteiger partial charge in [0.25, 0.3) is 0 Å². The molecule has 2 heterocycles. The Morgan fingerprint density at radius 1 is 1.61 bits per heavy atom. The average Bonchev–Trinajstić information content (AvgIpc) is 2.84. The molecule has 0 bridgehead atoms. The molecule has 18 heavy (non-hydrogen) atoms. The molecule has 96 valence electrons. The molecule has 1 fully saturated rings. The first kappa shape index (κ1) is 11.7. The van der Waals surface area contributed by atoms with Crippen molar-refractivity contribution in [1.29, 1.82) is 0 Å². The standard InChI is InChI=1S/C12H15N3O2S/c16-6-4-14(9-2-1-3-9)11-10(8-17)15-5-7-18-12(15)13-11/h5,7-9,16H,1-4,6H2. The lowest BCUT2D eigenvalue weighted by molar-refractivity contribution is 0.111. The number of aliphatic hydroxyl groups is 1. The van der Waals surface area contributed by atoms with E-state index in [2.05, 4.69) is 9.88 Å². The second-order valence-electron chi connectivity index (χ2n) is 4.50. The minimum Gasteiger partial charge on any atom is -0.395 e. The summed E-state index contributed by atoms with van der Waals surface area (Å²) in [7, 11) is 0. The number of hydrogen-bond acceptors (Lipinski definition) is 5. The predicted molar refractivity (Wildman–Crippen MR) is 70.5 cm³/mol. The number of rotatable bonds is 5. The summed E-state index contributed by atoms with van der Waals surface area (Å²) in [5, 5.41) is 11.1. The highest BCUT2D eigenvalue weighted by Gasteiger charge is 2.29. The van der Waals surface area contributed by atoms with E-state index in [1.165, 1.54) is 17.8 Å². The molecule has 0 saturated heterocycles. The predicted octanol–water partition coefficient (Wildman–Crippen LogP) is 1.56. The number of aldehydes is 1. The van der Waals surface area contributed by atoms with Gasteiger partial charge < -0.3 is 10.0 Å². The van der Waals surface area contributed by atoms with Crippen LogP contribution in [0.1, 0.15) is 29.8 Å². The van der Waals surface area contributed by atoms with Crippen molar-refractivity contribution in [3.05, 3.63) is 17.3 Å². The molecule has 1 aliphatic carbocycles. The Kier molecular flexibility index (Phi) is 3.05.